The van der Waals surface area contributed by atoms with Gasteiger partial charge in [0.2, 0.25) is 0 Å². The van der Waals surface area contributed by atoms with Gasteiger partial charge in [-0.25, -0.2) is 0 Å². The molecule has 1 heterocycles. The second-order valence-electron chi connectivity index (χ2n) is 5.35. The Kier molecular flexibility index (Phi) is 5.77. The lowest BCUT2D eigenvalue weighted by atomic mass is 10.2. The number of morpholine rings is 1. The SMILES string of the molecule is CCC(C)NC(=O)C(=O)Nc1ccccc1N1CCOCC1. The molecule has 6 nitrogen and oxygen atoms in total. The molecule has 2 amide bonds. The van der Waals surface area contributed by atoms with Crippen molar-refractivity contribution in [3.63, 3.8) is 0 Å². The highest BCUT2D eigenvalue weighted by molar-refractivity contribution is 6.40. The minimum absolute atomic E-state index is 0.0206. The summed E-state index contributed by atoms with van der Waals surface area (Å²) in [5, 5.41) is 5.37. The summed E-state index contributed by atoms with van der Waals surface area (Å²) in [6.07, 6.45) is 0.781. The van der Waals surface area contributed by atoms with E-state index in [1.54, 1.807) is 6.07 Å². The third-order valence-corrected chi connectivity index (χ3v) is 3.70. The van der Waals surface area contributed by atoms with Crippen molar-refractivity contribution in [2.75, 3.05) is 36.5 Å². The molecule has 0 radical (unpaired) electrons. The fourth-order valence-corrected chi connectivity index (χ4v) is 2.23. The highest BCUT2D eigenvalue weighted by Crippen LogP contribution is 2.26. The van der Waals surface area contributed by atoms with E-state index in [4.69, 9.17) is 4.74 Å². The van der Waals surface area contributed by atoms with Gasteiger partial charge < -0.3 is 20.3 Å². The van der Waals surface area contributed by atoms with Crippen molar-refractivity contribution in [3.05, 3.63) is 24.3 Å². The molecule has 1 atom stereocenters. The molecule has 120 valence electrons. The van der Waals surface area contributed by atoms with Gasteiger partial charge in [0.15, 0.2) is 0 Å². The number of nitrogens with one attached hydrogen (secondary N) is 2. The molecule has 0 bridgehead atoms. The van der Waals surface area contributed by atoms with Crippen molar-refractivity contribution in [1.29, 1.82) is 0 Å². The van der Waals surface area contributed by atoms with Crippen LogP contribution in [0.15, 0.2) is 24.3 Å². The van der Waals surface area contributed by atoms with Crippen LogP contribution in [0.2, 0.25) is 0 Å². The van der Waals surface area contributed by atoms with Gasteiger partial charge in [0.05, 0.1) is 24.6 Å². The summed E-state index contributed by atoms with van der Waals surface area (Å²) >= 11 is 0. The van der Waals surface area contributed by atoms with Crippen LogP contribution in [0.4, 0.5) is 11.4 Å². The van der Waals surface area contributed by atoms with Crippen molar-refractivity contribution < 1.29 is 14.3 Å². The van der Waals surface area contributed by atoms with Crippen LogP contribution < -0.4 is 15.5 Å². The first-order chi connectivity index (χ1) is 10.6. The van der Waals surface area contributed by atoms with Gasteiger partial charge in [0.1, 0.15) is 0 Å². The zero-order valence-corrected chi connectivity index (χ0v) is 13.1. The number of hydrogen-bond donors (Lipinski definition) is 2. The zero-order valence-electron chi connectivity index (χ0n) is 13.1. The Balaban J connectivity index is 2.06. The summed E-state index contributed by atoms with van der Waals surface area (Å²) < 4.78 is 5.34. The quantitative estimate of drug-likeness (QED) is 0.825. The molecule has 1 aliphatic heterocycles. The van der Waals surface area contributed by atoms with Crippen molar-refractivity contribution in [2.45, 2.75) is 26.3 Å². The van der Waals surface area contributed by atoms with Crippen LogP contribution in [0.1, 0.15) is 20.3 Å². The Bertz CT molecular complexity index is 527. The Morgan fingerprint density at radius 2 is 1.91 bits per heavy atom. The van der Waals surface area contributed by atoms with Crippen LogP contribution in [0, 0.1) is 0 Å². The summed E-state index contributed by atoms with van der Waals surface area (Å²) in [5.41, 5.74) is 1.56. The molecule has 0 aliphatic carbocycles. The van der Waals surface area contributed by atoms with Crippen LogP contribution in [-0.2, 0) is 14.3 Å². The number of benzene rings is 1. The summed E-state index contributed by atoms with van der Waals surface area (Å²) in [4.78, 5) is 26.0. The van der Waals surface area contributed by atoms with E-state index in [0.717, 1.165) is 25.2 Å². The molecule has 22 heavy (non-hydrogen) atoms. The van der Waals surface area contributed by atoms with Crippen LogP contribution in [0.5, 0.6) is 0 Å². The molecule has 0 saturated carbocycles. The lowest BCUT2D eigenvalue weighted by Crippen LogP contribution is -2.41. The molecule has 1 aromatic carbocycles. The molecule has 1 unspecified atom stereocenters. The van der Waals surface area contributed by atoms with Crippen LogP contribution in [-0.4, -0.2) is 44.2 Å². The van der Waals surface area contributed by atoms with Gasteiger partial charge in [0.25, 0.3) is 0 Å². The van der Waals surface area contributed by atoms with Crippen molar-refractivity contribution in [2.24, 2.45) is 0 Å². The van der Waals surface area contributed by atoms with E-state index in [0.29, 0.717) is 18.9 Å². The third-order valence-electron chi connectivity index (χ3n) is 3.70. The second kappa shape index (κ2) is 7.79. The average molecular weight is 305 g/mol. The van der Waals surface area contributed by atoms with E-state index in [2.05, 4.69) is 15.5 Å². The number of rotatable bonds is 4. The number of anilines is 2. The minimum atomic E-state index is -0.638. The Morgan fingerprint density at radius 1 is 1.23 bits per heavy atom. The predicted octanol–water partition coefficient (Wildman–Crippen LogP) is 1.38. The lowest BCUT2D eigenvalue weighted by Gasteiger charge is -2.30. The highest BCUT2D eigenvalue weighted by Gasteiger charge is 2.19. The second-order valence-corrected chi connectivity index (χ2v) is 5.35. The van der Waals surface area contributed by atoms with Crippen LogP contribution >= 0.6 is 0 Å². The molecular formula is C16H23N3O3. The fourth-order valence-electron chi connectivity index (χ4n) is 2.23. The smallest absolute Gasteiger partial charge is 0.313 e. The van der Waals surface area contributed by atoms with E-state index >= 15 is 0 Å². The number of ether oxygens (including phenoxy) is 1. The molecule has 1 aliphatic rings. The van der Waals surface area contributed by atoms with E-state index in [1.807, 2.05) is 32.0 Å². The van der Waals surface area contributed by atoms with Gasteiger partial charge >= 0.3 is 11.8 Å². The van der Waals surface area contributed by atoms with E-state index < -0.39 is 11.8 Å². The zero-order chi connectivity index (χ0) is 15.9. The standard InChI is InChI=1S/C16H23N3O3/c1-3-12(2)17-15(20)16(21)18-13-6-4-5-7-14(13)19-8-10-22-11-9-19/h4-7,12H,3,8-11H2,1-2H3,(H,17,20)(H,18,21). The van der Waals surface area contributed by atoms with Crippen molar-refractivity contribution in [1.82, 2.24) is 5.32 Å². The maximum Gasteiger partial charge on any atom is 0.313 e. The molecule has 1 saturated heterocycles. The van der Waals surface area contributed by atoms with Gasteiger partial charge in [-0.3, -0.25) is 9.59 Å². The number of hydrogen-bond acceptors (Lipinski definition) is 4. The molecule has 1 fully saturated rings. The Morgan fingerprint density at radius 3 is 2.59 bits per heavy atom. The van der Waals surface area contributed by atoms with Gasteiger partial charge in [-0.2, -0.15) is 0 Å². The first kappa shape index (κ1) is 16.3. The number of para-hydroxylation sites is 2. The van der Waals surface area contributed by atoms with E-state index in [-0.39, 0.29) is 6.04 Å². The number of carbonyl (C=O) groups is 2. The monoisotopic (exact) mass is 305 g/mol. The molecule has 6 heteroatoms. The van der Waals surface area contributed by atoms with Crippen molar-refractivity contribution >= 4 is 23.2 Å². The fraction of sp³-hybridized carbons (Fsp3) is 0.500. The van der Waals surface area contributed by atoms with Gasteiger partial charge in [-0.15, -0.1) is 0 Å². The average Bonchev–Trinajstić information content (AvgIpc) is 2.56. The largest absolute Gasteiger partial charge is 0.378 e. The predicted molar refractivity (Wildman–Crippen MR) is 86.0 cm³/mol. The summed E-state index contributed by atoms with van der Waals surface area (Å²) in [6.45, 7) is 6.69. The summed E-state index contributed by atoms with van der Waals surface area (Å²) in [6, 6.07) is 7.48. The van der Waals surface area contributed by atoms with Gasteiger partial charge in [0, 0.05) is 19.1 Å². The van der Waals surface area contributed by atoms with E-state index in [9.17, 15) is 9.59 Å². The third kappa shape index (κ3) is 4.21. The van der Waals surface area contributed by atoms with E-state index in [1.165, 1.54) is 0 Å². The van der Waals surface area contributed by atoms with Gasteiger partial charge in [-0.1, -0.05) is 19.1 Å². The lowest BCUT2D eigenvalue weighted by molar-refractivity contribution is -0.136. The van der Waals surface area contributed by atoms with Gasteiger partial charge in [-0.05, 0) is 25.5 Å². The number of nitrogens with zero attached hydrogens (tertiary/aromatic N) is 1. The Hall–Kier alpha value is -2.08. The topological polar surface area (TPSA) is 70.7 Å². The summed E-state index contributed by atoms with van der Waals surface area (Å²) in [7, 11) is 0. The maximum atomic E-state index is 12.0. The minimum Gasteiger partial charge on any atom is -0.378 e. The van der Waals surface area contributed by atoms with Crippen molar-refractivity contribution in [3.8, 4) is 0 Å². The highest BCUT2D eigenvalue weighted by atomic mass is 16.5. The first-order valence-electron chi connectivity index (χ1n) is 7.65. The molecule has 1 aromatic rings. The molecule has 2 N–H and O–H groups in total. The molecule has 2 rings (SSSR count). The normalized spacial score (nSPS) is 16.0. The van der Waals surface area contributed by atoms with Crippen LogP contribution in [0.3, 0.4) is 0 Å². The molecule has 0 spiro atoms. The first-order valence-corrected chi connectivity index (χ1v) is 7.65. The van der Waals surface area contributed by atoms with Crippen LogP contribution in [0.25, 0.3) is 0 Å². The number of amides is 2. The number of carbonyl (C=O) groups excluding carboxylic acids is 2. The maximum absolute atomic E-state index is 12.0. The molecule has 0 aromatic heterocycles. The summed E-state index contributed by atoms with van der Waals surface area (Å²) in [5.74, 6) is -1.24. The Labute approximate surface area is 130 Å². The molecular weight excluding hydrogens is 282 g/mol.